The van der Waals surface area contributed by atoms with Crippen molar-refractivity contribution >= 4 is 0 Å². The van der Waals surface area contributed by atoms with Gasteiger partial charge in [0.1, 0.15) is 6.17 Å². The zero-order valence-corrected chi connectivity index (χ0v) is 22.6. The number of benzene rings is 1. The summed E-state index contributed by atoms with van der Waals surface area (Å²) in [4.78, 5) is 0. The third-order valence-electron chi connectivity index (χ3n) is 4.99. The van der Waals surface area contributed by atoms with E-state index in [0.717, 1.165) is 24.3 Å². The normalized spacial score (nSPS) is 27.3. The van der Waals surface area contributed by atoms with Crippen LogP contribution in [0.25, 0.3) is 0 Å². The summed E-state index contributed by atoms with van der Waals surface area (Å²) in [5, 5.41) is 0. The average Bonchev–Trinajstić information content (AvgIpc) is 2.58. The van der Waals surface area contributed by atoms with Crippen molar-refractivity contribution in [1.29, 1.82) is 0 Å². The first-order valence-electron chi connectivity index (χ1n) is 9.59. The molecular weight excluding hydrogens is 670 g/mol. The molecule has 2 atom stereocenters. The minimum atomic E-state index is -0.545. The van der Waals surface area contributed by atoms with Gasteiger partial charge < -0.3 is 12.1 Å². The van der Waals surface area contributed by atoms with Gasteiger partial charge in [-0.05, 0) is 30.6 Å². The number of aryl methyl sites for hydroxylation is 1. The van der Waals surface area contributed by atoms with Crippen LogP contribution in [0.5, 0.6) is 0 Å². The molecule has 0 aromatic heterocycles. The largest absolute Gasteiger partial charge is 0.322 e. The average molecular weight is 707 g/mol. The molecule has 0 amide bonds. The molecular formula is C22H36F2W2-2. The predicted octanol–water partition coefficient (Wildman–Crippen LogP) is 7.34. The van der Waals surface area contributed by atoms with Crippen molar-refractivity contribution in [2.45, 2.75) is 85.2 Å². The SMILES string of the molecule is C1CCCCC1.CC1CC(C)C(F)C(C)C1.Cc1c[c-]c(F)[c-]c1.[2HH].[W].[W]. The van der Waals surface area contributed by atoms with E-state index in [1.807, 2.05) is 20.8 Å². The fourth-order valence-corrected chi connectivity index (χ4v) is 3.68. The number of rotatable bonds is 0. The van der Waals surface area contributed by atoms with Crippen molar-refractivity contribution < 1.29 is 52.3 Å². The van der Waals surface area contributed by atoms with Crippen LogP contribution in [-0.2, 0) is 42.1 Å². The molecule has 0 aliphatic heterocycles. The molecule has 0 bridgehead atoms. The van der Waals surface area contributed by atoms with Gasteiger partial charge in [-0.25, -0.2) is 4.39 Å². The van der Waals surface area contributed by atoms with E-state index in [0.29, 0.717) is 11.8 Å². The Morgan fingerprint density at radius 3 is 1.50 bits per heavy atom. The zero-order chi connectivity index (χ0) is 17.9. The maximum Gasteiger partial charge on any atom is 0.105 e. The molecule has 2 aliphatic rings. The van der Waals surface area contributed by atoms with E-state index >= 15 is 0 Å². The van der Waals surface area contributed by atoms with E-state index in [1.54, 1.807) is 12.1 Å². The molecule has 1 aromatic rings. The van der Waals surface area contributed by atoms with Gasteiger partial charge in [0.05, 0.1) is 0 Å². The van der Waals surface area contributed by atoms with E-state index < -0.39 is 12.0 Å². The molecule has 4 heteroatoms. The van der Waals surface area contributed by atoms with Crippen LogP contribution in [-0.4, -0.2) is 6.17 Å². The summed E-state index contributed by atoms with van der Waals surface area (Å²) in [6.07, 6.45) is 10.6. The van der Waals surface area contributed by atoms with Crippen molar-refractivity contribution in [2.75, 3.05) is 0 Å². The quantitative estimate of drug-likeness (QED) is 0.248. The van der Waals surface area contributed by atoms with Gasteiger partial charge >= 0.3 is 0 Å². The first-order valence-corrected chi connectivity index (χ1v) is 9.59. The summed E-state index contributed by atoms with van der Waals surface area (Å²) in [6, 6.07) is 7.93. The second-order valence-corrected chi connectivity index (χ2v) is 7.73. The molecule has 0 heterocycles. The number of halogens is 2. The summed E-state index contributed by atoms with van der Waals surface area (Å²) >= 11 is 0. The van der Waals surface area contributed by atoms with Crippen molar-refractivity contribution in [3.8, 4) is 0 Å². The number of hydrogen-bond acceptors (Lipinski definition) is 0. The van der Waals surface area contributed by atoms with Crippen LogP contribution >= 0.6 is 0 Å². The minimum absolute atomic E-state index is 0. The smallest absolute Gasteiger partial charge is 0.105 e. The molecule has 0 saturated heterocycles. The second-order valence-electron chi connectivity index (χ2n) is 7.73. The Kier molecular flexibility index (Phi) is 18.1. The fourth-order valence-electron chi connectivity index (χ4n) is 3.68. The van der Waals surface area contributed by atoms with Crippen molar-refractivity contribution in [2.24, 2.45) is 17.8 Å². The second kappa shape index (κ2) is 16.4. The molecule has 2 unspecified atom stereocenters. The molecule has 0 N–H and O–H groups in total. The first-order chi connectivity index (χ1) is 11.4. The van der Waals surface area contributed by atoms with Gasteiger partial charge in [-0.15, -0.1) is 12.7 Å². The molecule has 1 aromatic carbocycles. The minimum Gasteiger partial charge on any atom is -0.322 e. The summed E-state index contributed by atoms with van der Waals surface area (Å²) in [7, 11) is 0. The van der Waals surface area contributed by atoms with Gasteiger partial charge in [0.15, 0.2) is 0 Å². The molecule has 26 heavy (non-hydrogen) atoms. The van der Waals surface area contributed by atoms with E-state index in [-0.39, 0.29) is 43.6 Å². The summed E-state index contributed by atoms with van der Waals surface area (Å²) in [5.74, 6) is 0.894. The van der Waals surface area contributed by atoms with Crippen LogP contribution in [0.3, 0.4) is 0 Å². The molecule has 0 nitrogen and oxygen atoms in total. The molecule has 152 valence electrons. The van der Waals surface area contributed by atoms with Gasteiger partial charge in [0.2, 0.25) is 0 Å². The molecule has 2 fully saturated rings. The van der Waals surface area contributed by atoms with Crippen LogP contribution in [0.1, 0.15) is 79.1 Å². The van der Waals surface area contributed by atoms with Crippen LogP contribution in [0.4, 0.5) is 8.78 Å². The van der Waals surface area contributed by atoms with Crippen LogP contribution in [0.2, 0.25) is 0 Å². The molecule has 0 radical (unpaired) electrons. The van der Waals surface area contributed by atoms with Gasteiger partial charge in [-0.1, -0.05) is 59.3 Å². The Morgan fingerprint density at radius 1 is 0.846 bits per heavy atom. The third-order valence-corrected chi connectivity index (χ3v) is 4.99. The maximum atomic E-state index is 13.1. The Balaban J connectivity index is -0.000000311. The van der Waals surface area contributed by atoms with E-state index in [4.69, 9.17) is 0 Å². The van der Waals surface area contributed by atoms with Gasteiger partial charge in [-0.3, -0.25) is 22.1 Å². The van der Waals surface area contributed by atoms with Gasteiger partial charge in [0, 0.05) is 43.6 Å². The van der Waals surface area contributed by atoms with E-state index in [1.165, 1.54) is 38.5 Å². The number of hydrogen-bond donors (Lipinski definition) is 0. The first kappa shape index (κ1) is 28.7. The summed E-state index contributed by atoms with van der Waals surface area (Å²) in [5.41, 5.74) is 0.978. The van der Waals surface area contributed by atoms with Crippen molar-refractivity contribution in [3.63, 3.8) is 0 Å². The van der Waals surface area contributed by atoms with Gasteiger partial charge in [0.25, 0.3) is 0 Å². The molecule has 0 spiro atoms. The van der Waals surface area contributed by atoms with Gasteiger partial charge in [-0.2, -0.15) is 0 Å². The monoisotopic (exact) mass is 707 g/mol. The summed E-state index contributed by atoms with van der Waals surface area (Å²) < 4.78 is 25.1. The predicted molar refractivity (Wildman–Crippen MR) is 100 cm³/mol. The maximum absolute atomic E-state index is 13.1. The molecule has 2 saturated carbocycles. The number of alkyl halides is 1. The third kappa shape index (κ3) is 12.8. The molecule has 2 aliphatic carbocycles. The van der Waals surface area contributed by atoms with Crippen LogP contribution in [0, 0.1) is 42.6 Å². The topological polar surface area (TPSA) is 0 Å². The van der Waals surface area contributed by atoms with Crippen molar-refractivity contribution in [3.05, 3.63) is 35.6 Å². The fraction of sp³-hybridized carbons (Fsp3) is 0.727. The van der Waals surface area contributed by atoms with Crippen molar-refractivity contribution in [1.82, 2.24) is 0 Å². The standard InChI is InChI=1S/C9H17F.C7H5F.C6H12.2W.H2/c1-6-4-7(2)9(10)8(3)5-6;1-6-2-4-7(8)5-3-6;1-2-4-6-5-3-1;;;/h6-9H,4-5H2,1-3H3;2-3H,1H3;1-6H2;;;1H/q;-2;;;;/i;;;;;1+1. The summed E-state index contributed by atoms with van der Waals surface area (Å²) in [6.45, 7) is 8.14. The Morgan fingerprint density at radius 2 is 1.19 bits per heavy atom. The van der Waals surface area contributed by atoms with E-state index in [2.05, 4.69) is 19.1 Å². The zero-order valence-electron chi connectivity index (χ0n) is 16.7. The Bertz CT molecular complexity index is 394. The van der Waals surface area contributed by atoms with Crippen LogP contribution < -0.4 is 0 Å². The Labute approximate surface area is 190 Å². The Hall–Kier alpha value is 0.457. The molecule has 3 rings (SSSR count). The van der Waals surface area contributed by atoms with Crippen LogP contribution in [0.15, 0.2) is 12.1 Å². The van der Waals surface area contributed by atoms with E-state index in [9.17, 15) is 8.78 Å².